The molecule has 86 valence electrons. The molecule has 3 heteroatoms. The van der Waals surface area contributed by atoms with E-state index >= 15 is 0 Å². The van der Waals surface area contributed by atoms with Gasteiger partial charge in [0.1, 0.15) is 0 Å². The lowest BCUT2D eigenvalue weighted by Gasteiger charge is -2.16. The number of carbonyl (C=O) groups is 1. The van der Waals surface area contributed by atoms with Crippen molar-refractivity contribution in [2.24, 2.45) is 5.92 Å². The number of nitrogens with zero attached hydrogens (tertiary/aromatic N) is 1. The van der Waals surface area contributed by atoms with Crippen molar-refractivity contribution in [1.82, 2.24) is 4.90 Å². The van der Waals surface area contributed by atoms with Crippen LogP contribution in [0, 0.1) is 5.92 Å². The summed E-state index contributed by atoms with van der Waals surface area (Å²) in [5.41, 5.74) is 1.25. The van der Waals surface area contributed by atoms with Gasteiger partial charge in [0.15, 0.2) is 0 Å². The lowest BCUT2D eigenvalue weighted by atomic mass is 10.1. The molecule has 1 N–H and O–H groups in total. The SMILES string of the molecule is O=C1[C@H](CO)CCN1CCc1ccccc1. The highest BCUT2D eigenvalue weighted by Crippen LogP contribution is 2.17. The van der Waals surface area contributed by atoms with E-state index in [2.05, 4.69) is 12.1 Å². The first-order valence-electron chi connectivity index (χ1n) is 5.75. The average Bonchev–Trinajstić information content (AvgIpc) is 2.69. The van der Waals surface area contributed by atoms with Crippen molar-refractivity contribution < 1.29 is 9.90 Å². The van der Waals surface area contributed by atoms with Crippen LogP contribution in [-0.2, 0) is 11.2 Å². The molecule has 1 aromatic carbocycles. The predicted molar refractivity (Wildman–Crippen MR) is 61.9 cm³/mol. The van der Waals surface area contributed by atoms with Gasteiger partial charge < -0.3 is 10.0 Å². The number of aliphatic hydroxyl groups excluding tert-OH is 1. The van der Waals surface area contributed by atoms with Gasteiger partial charge in [-0.2, -0.15) is 0 Å². The summed E-state index contributed by atoms with van der Waals surface area (Å²) in [6.45, 7) is 1.54. The molecule has 1 fully saturated rings. The Morgan fingerprint density at radius 2 is 2.06 bits per heavy atom. The third-order valence-corrected chi connectivity index (χ3v) is 3.14. The van der Waals surface area contributed by atoms with Gasteiger partial charge in [-0.1, -0.05) is 30.3 Å². The minimum absolute atomic E-state index is 0.0132. The van der Waals surface area contributed by atoms with Crippen molar-refractivity contribution in [3.05, 3.63) is 35.9 Å². The standard InChI is InChI=1S/C13H17NO2/c15-10-12-7-9-14(13(12)16)8-6-11-4-2-1-3-5-11/h1-5,12,15H,6-10H2/t12-/m0/s1. The minimum atomic E-state index is -0.157. The molecule has 1 aliphatic rings. The quantitative estimate of drug-likeness (QED) is 0.823. The first kappa shape index (κ1) is 11.1. The molecule has 0 bridgehead atoms. The van der Waals surface area contributed by atoms with Gasteiger partial charge in [-0.15, -0.1) is 0 Å². The van der Waals surface area contributed by atoms with Crippen LogP contribution >= 0.6 is 0 Å². The Hall–Kier alpha value is -1.35. The van der Waals surface area contributed by atoms with Crippen molar-refractivity contribution >= 4 is 5.91 Å². The number of aliphatic hydroxyl groups is 1. The normalized spacial score (nSPS) is 20.4. The van der Waals surface area contributed by atoms with Crippen LogP contribution < -0.4 is 0 Å². The van der Waals surface area contributed by atoms with Gasteiger partial charge >= 0.3 is 0 Å². The van der Waals surface area contributed by atoms with Crippen LogP contribution in [0.2, 0.25) is 0 Å². The maximum atomic E-state index is 11.7. The van der Waals surface area contributed by atoms with Crippen molar-refractivity contribution in [3.63, 3.8) is 0 Å². The Labute approximate surface area is 95.7 Å². The molecule has 2 rings (SSSR count). The third kappa shape index (κ3) is 2.42. The molecule has 0 aromatic heterocycles. The number of amides is 1. The largest absolute Gasteiger partial charge is 0.396 e. The van der Waals surface area contributed by atoms with Crippen LogP contribution in [0.1, 0.15) is 12.0 Å². The Morgan fingerprint density at radius 1 is 1.31 bits per heavy atom. The lowest BCUT2D eigenvalue weighted by Crippen LogP contribution is -2.30. The third-order valence-electron chi connectivity index (χ3n) is 3.14. The smallest absolute Gasteiger partial charge is 0.228 e. The summed E-state index contributed by atoms with van der Waals surface area (Å²) >= 11 is 0. The number of rotatable bonds is 4. The van der Waals surface area contributed by atoms with E-state index in [1.165, 1.54) is 5.56 Å². The molecule has 1 atom stereocenters. The van der Waals surface area contributed by atoms with Gasteiger partial charge in [-0.3, -0.25) is 4.79 Å². The van der Waals surface area contributed by atoms with E-state index in [-0.39, 0.29) is 18.4 Å². The number of benzene rings is 1. The second-order valence-corrected chi connectivity index (χ2v) is 4.23. The van der Waals surface area contributed by atoms with Gasteiger partial charge in [0.25, 0.3) is 0 Å². The van der Waals surface area contributed by atoms with Crippen molar-refractivity contribution in [1.29, 1.82) is 0 Å². The number of carbonyl (C=O) groups excluding carboxylic acids is 1. The molecule has 0 saturated carbocycles. The molecule has 0 unspecified atom stereocenters. The zero-order valence-corrected chi connectivity index (χ0v) is 9.30. The average molecular weight is 219 g/mol. The second kappa shape index (κ2) is 5.12. The molecule has 0 radical (unpaired) electrons. The first-order chi connectivity index (χ1) is 7.81. The lowest BCUT2D eigenvalue weighted by molar-refractivity contribution is -0.131. The van der Waals surface area contributed by atoms with E-state index in [4.69, 9.17) is 5.11 Å². The zero-order chi connectivity index (χ0) is 11.4. The van der Waals surface area contributed by atoms with Gasteiger partial charge in [0, 0.05) is 13.1 Å². The molecule has 1 aromatic rings. The first-order valence-corrected chi connectivity index (χ1v) is 5.75. The van der Waals surface area contributed by atoms with Crippen LogP contribution in [0.4, 0.5) is 0 Å². The van der Waals surface area contributed by atoms with Crippen molar-refractivity contribution in [3.8, 4) is 0 Å². The van der Waals surface area contributed by atoms with Gasteiger partial charge in [-0.25, -0.2) is 0 Å². The molecule has 3 nitrogen and oxygen atoms in total. The molecule has 1 saturated heterocycles. The molecule has 0 spiro atoms. The minimum Gasteiger partial charge on any atom is -0.396 e. The molecule has 16 heavy (non-hydrogen) atoms. The second-order valence-electron chi connectivity index (χ2n) is 4.23. The fraction of sp³-hybridized carbons (Fsp3) is 0.462. The summed E-state index contributed by atoms with van der Waals surface area (Å²) in [7, 11) is 0. The van der Waals surface area contributed by atoms with Gasteiger partial charge in [0.2, 0.25) is 5.91 Å². The Kier molecular flexibility index (Phi) is 3.57. The van der Waals surface area contributed by atoms with Crippen molar-refractivity contribution in [2.45, 2.75) is 12.8 Å². The Balaban J connectivity index is 1.86. The topological polar surface area (TPSA) is 40.5 Å². The molecular formula is C13H17NO2. The molecule has 1 amide bonds. The molecule has 0 aliphatic carbocycles. The fourth-order valence-corrected chi connectivity index (χ4v) is 2.10. The summed E-state index contributed by atoms with van der Waals surface area (Å²) < 4.78 is 0. The maximum absolute atomic E-state index is 11.7. The Morgan fingerprint density at radius 3 is 2.69 bits per heavy atom. The number of hydrogen-bond donors (Lipinski definition) is 1. The summed E-state index contributed by atoms with van der Waals surface area (Å²) in [4.78, 5) is 13.6. The van der Waals surface area contributed by atoms with Gasteiger partial charge in [0.05, 0.1) is 12.5 Å². The number of hydrogen-bond acceptors (Lipinski definition) is 2. The Bertz CT molecular complexity index is 350. The highest BCUT2D eigenvalue weighted by Gasteiger charge is 2.30. The van der Waals surface area contributed by atoms with E-state index in [0.29, 0.717) is 0 Å². The summed E-state index contributed by atoms with van der Waals surface area (Å²) in [6.07, 6.45) is 1.69. The molecular weight excluding hydrogens is 202 g/mol. The number of likely N-dealkylation sites (tertiary alicyclic amines) is 1. The monoisotopic (exact) mass is 219 g/mol. The van der Waals surface area contributed by atoms with Crippen molar-refractivity contribution in [2.75, 3.05) is 19.7 Å². The summed E-state index contributed by atoms with van der Waals surface area (Å²) in [5, 5.41) is 8.99. The van der Waals surface area contributed by atoms with E-state index < -0.39 is 0 Å². The van der Waals surface area contributed by atoms with E-state index in [1.807, 2.05) is 23.1 Å². The summed E-state index contributed by atoms with van der Waals surface area (Å²) in [6, 6.07) is 10.2. The maximum Gasteiger partial charge on any atom is 0.228 e. The van der Waals surface area contributed by atoms with E-state index in [1.54, 1.807) is 0 Å². The van der Waals surface area contributed by atoms with Crippen LogP contribution in [0.5, 0.6) is 0 Å². The molecule has 1 aliphatic heterocycles. The van der Waals surface area contributed by atoms with Crippen LogP contribution in [0.3, 0.4) is 0 Å². The van der Waals surface area contributed by atoms with Crippen LogP contribution in [0.25, 0.3) is 0 Å². The summed E-state index contributed by atoms with van der Waals surface area (Å²) in [5.74, 6) is -0.0470. The highest BCUT2D eigenvalue weighted by atomic mass is 16.3. The predicted octanol–water partition coefficient (Wildman–Crippen LogP) is 1.07. The van der Waals surface area contributed by atoms with Crippen LogP contribution in [0.15, 0.2) is 30.3 Å². The highest BCUT2D eigenvalue weighted by molar-refractivity contribution is 5.80. The van der Waals surface area contributed by atoms with Gasteiger partial charge in [-0.05, 0) is 18.4 Å². The fourth-order valence-electron chi connectivity index (χ4n) is 2.10. The molecule has 1 heterocycles. The van der Waals surface area contributed by atoms with E-state index in [0.717, 1.165) is 25.9 Å². The zero-order valence-electron chi connectivity index (χ0n) is 9.30. The van der Waals surface area contributed by atoms with E-state index in [9.17, 15) is 4.79 Å². The van der Waals surface area contributed by atoms with Crippen LogP contribution in [-0.4, -0.2) is 35.6 Å².